The summed E-state index contributed by atoms with van der Waals surface area (Å²) in [5.41, 5.74) is 5.85. The van der Waals surface area contributed by atoms with Gasteiger partial charge in [-0.25, -0.2) is 0 Å². The van der Waals surface area contributed by atoms with Gasteiger partial charge in [0.05, 0.1) is 5.69 Å². The van der Waals surface area contributed by atoms with Gasteiger partial charge in [0.25, 0.3) is 0 Å². The fourth-order valence-electron chi connectivity index (χ4n) is 3.93. The van der Waals surface area contributed by atoms with Crippen LogP contribution in [0.3, 0.4) is 0 Å². The van der Waals surface area contributed by atoms with Crippen molar-refractivity contribution in [3.63, 3.8) is 0 Å². The van der Waals surface area contributed by atoms with Gasteiger partial charge in [0.1, 0.15) is 5.71 Å². The lowest BCUT2D eigenvalue weighted by Crippen LogP contribution is -2.04. The van der Waals surface area contributed by atoms with Crippen molar-refractivity contribution in [2.24, 2.45) is 5.16 Å². The second-order valence-corrected chi connectivity index (χ2v) is 6.17. The molecule has 3 nitrogen and oxygen atoms in total. The Morgan fingerprint density at radius 2 is 1.95 bits per heavy atom. The number of benzene rings is 1. The van der Waals surface area contributed by atoms with Crippen molar-refractivity contribution in [1.82, 2.24) is 4.98 Å². The molecule has 1 fully saturated rings. The fraction of sp³-hybridized carbons (Fsp3) is 0.471. The predicted octanol–water partition coefficient (Wildman–Crippen LogP) is 4.34. The van der Waals surface area contributed by atoms with Crippen molar-refractivity contribution in [1.29, 1.82) is 0 Å². The summed E-state index contributed by atoms with van der Waals surface area (Å²) in [6, 6.07) is 6.85. The van der Waals surface area contributed by atoms with Crippen molar-refractivity contribution < 1.29 is 5.21 Å². The van der Waals surface area contributed by atoms with Gasteiger partial charge < -0.3 is 10.2 Å². The topological polar surface area (TPSA) is 48.4 Å². The first-order valence-electron chi connectivity index (χ1n) is 7.72. The van der Waals surface area contributed by atoms with E-state index in [1.165, 1.54) is 54.1 Å². The Morgan fingerprint density at radius 3 is 2.75 bits per heavy atom. The normalized spacial score (nSPS) is 21.7. The zero-order chi connectivity index (χ0) is 13.5. The molecule has 0 atom stereocenters. The molecule has 2 aliphatic rings. The average molecular weight is 268 g/mol. The van der Waals surface area contributed by atoms with Crippen LogP contribution in [0.15, 0.2) is 23.4 Å². The molecule has 4 rings (SSSR count). The van der Waals surface area contributed by atoms with E-state index in [-0.39, 0.29) is 0 Å². The van der Waals surface area contributed by atoms with Crippen LogP contribution in [-0.4, -0.2) is 15.9 Å². The van der Waals surface area contributed by atoms with Crippen LogP contribution < -0.4 is 0 Å². The van der Waals surface area contributed by atoms with E-state index in [1.807, 2.05) is 0 Å². The molecule has 0 unspecified atom stereocenters. The number of rotatable bonds is 1. The first-order valence-corrected chi connectivity index (χ1v) is 7.72. The molecule has 0 aliphatic heterocycles. The van der Waals surface area contributed by atoms with Crippen LogP contribution in [0.1, 0.15) is 61.3 Å². The Hall–Kier alpha value is -1.77. The molecule has 1 aromatic carbocycles. The van der Waals surface area contributed by atoms with E-state index in [2.05, 4.69) is 28.3 Å². The van der Waals surface area contributed by atoms with Gasteiger partial charge in [-0.05, 0) is 54.9 Å². The fourth-order valence-corrected chi connectivity index (χ4v) is 3.93. The highest BCUT2D eigenvalue weighted by molar-refractivity contribution is 6.08. The zero-order valence-corrected chi connectivity index (χ0v) is 11.7. The van der Waals surface area contributed by atoms with E-state index in [1.54, 1.807) is 0 Å². The molecule has 1 aromatic heterocycles. The van der Waals surface area contributed by atoms with E-state index in [4.69, 9.17) is 5.21 Å². The summed E-state index contributed by atoms with van der Waals surface area (Å²) < 4.78 is 0. The molecule has 104 valence electrons. The van der Waals surface area contributed by atoms with Crippen LogP contribution in [-0.2, 0) is 6.42 Å². The Balaban J connectivity index is 1.79. The van der Waals surface area contributed by atoms with Crippen LogP contribution in [0.25, 0.3) is 10.9 Å². The van der Waals surface area contributed by atoms with Crippen molar-refractivity contribution in [3.05, 3.63) is 35.0 Å². The molecule has 0 bridgehead atoms. The van der Waals surface area contributed by atoms with Gasteiger partial charge in [0.15, 0.2) is 0 Å². The summed E-state index contributed by atoms with van der Waals surface area (Å²) in [7, 11) is 0. The summed E-state index contributed by atoms with van der Waals surface area (Å²) in [6.45, 7) is 0. The lowest BCUT2D eigenvalue weighted by molar-refractivity contribution is 0.318. The summed E-state index contributed by atoms with van der Waals surface area (Å²) in [4.78, 5) is 3.42. The highest BCUT2D eigenvalue weighted by Gasteiger charge is 2.24. The molecule has 1 heterocycles. The summed E-state index contributed by atoms with van der Waals surface area (Å²) in [5, 5.41) is 13.8. The van der Waals surface area contributed by atoms with Crippen molar-refractivity contribution in [2.45, 2.75) is 50.9 Å². The monoisotopic (exact) mass is 268 g/mol. The number of H-pyrrole nitrogens is 1. The van der Waals surface area contributed by atoms with E-state index < -0.39 is 0 Å². The third-order valence-electron chi connectivity index (χ3n) is 5.03. The van der Waals surface area contributed by atoms with Gasteiger partial charge in [-0.1, -0.05) is 30.5 Å². The van der Waals surface area contributed by atoms with Crippen LogP contribution >= 0.6 is 0 Å². The van der Waals surface area contributed by atoms with Gasteiger partial charge >= 0.3 is 0 Å². The number of hydrogen-bond donors (Lipinski definition) is 2. The highest BCUT2D eigenvalue weighted by Crippen LogP contribution is 2.36. The number of aromatic amines is 1. The second kappa shape index (κ2) is 4.65. The van der Waals surface area contributed by atoms with Gasteiger partial charge in [-0.2, -0.15) is 0 Å². The summed E-state index contributed by atoms with van der Waals surface area (Å²) >= 11 is 0. The highest BCUT2D eigenvalue weighted by atomic mass is 16.4. The number of nitrogens with one attached hydrogen (secondary N) is 1. The minimum Gasteiger partial charge on any atom is -0.411 e. The van der Waals surface area contributed by atoms with Gasteiger partial charge in [0.2, 0.25) is 0 Å². The SMILES string of the molecule is O/N=C1/CCc2c1[nH]c1ccc(C3CCCCC3)cc21. The number of aromatic nitrogens is 1. The first kappa shape index (κ1) is 12.0. The molecule has 20 heavy (non-hydrogen) atoms. The van der Waals surface area contributed by atoms with Crippen molar-refractivity contribution in [2.75, 3.05) is 0 Å². The number of nitrogens with zero attached hydrogens (tertiary/aromatic N) is 1. The number of fused-ring (bicyclic) bond motifs is 3. The smallest absolute Gasteiger partial charge is 0.104 e. The molecule has 0 amide bonds. The summed E-state index contributed by atoms with van der Waals surface area (Å²) in [5.74, 6) is 0.742. The molecule has 2 aliphatic carbocycles. The molecule has 0 radical (unpaired) electrons. The Bertz CT molecular complexity index is 678. The van der Waals surface area contributed by atoms with Crippen molar-refractivity contribution >= 4 is 16.6 Å². The maximum Gasteiger partial charge on any atom is 0.104 e. The standard InChI is InChI=1S/C17H20N2O/c20-19-16-9-7-13-14-10-12(11-4-2-1-3-5-11)6-8-15(14)18-17(13)16/h6,8,10-11,18,20H,1-5,7,9H2/b19-16-. The van der Waals surface area contributed by atoms with E-state index in [0.717, 1.165) is 30.2 Å². The largest absolute Gasteiger partial charge is 0.411 e. The second-order valence-electron chi connectivity index (χ2n) is 6.17. The maximum atomic E-state index is 9.06. The Labute approximate surface area is 118 Å². The van der Waals surface area contributed by atoms with E-state index in [0.29, 0.717) is 0 Å². The maximum absolute atomic E-state index is 9.06. The lowest BCUT2D eigenvalue weighted by Gasteiger charge is -2.22. The third-order valence-corrected chi connectivity index (χ3v) is 5.03. The van der Waals surface area contributed by atoms with Crippen LogP contribution in [0.2, 0.25) is 0 Å². The lowest BCUT2D eigenvalue weighted by atomic mass is 9.83. The molecular weight excluding hydrogens is 248 g/mol. The molecule has 1 saturated carbocycles. The average Bonchev–Trinajstić information content (AvgIpc) is 3.06. The first-order chi connectivity index (χ1) is 9.86. The number of oxime groups is 1. The van der Waals surface area contributed by atoms with Crippen LogP contribution in [0, 0.1) is 0 Å². The summed E-state index contributed by atoms with van der Waals surface area (Å²) in [6.07, 6.45) is 8.65. The van der Waals surface area contributed by atoms with Gasteiger partial charge in [0, 0.05) is 10.9 Å². The number of aryl methyl sites for hydroxylation is 1. The van der Waals surface area contributed by atoms with Gasteiger partial charge in [-0.3, -0.25) is 0 Å². The predicted molar refractivity (Wildman–Crippen MR) is 80.8 cm³/mol. The van der Waals surface area contributed by atoms with Crippen LogP contribution in [0.5, 0.6) is 0 Å². The number of hydrogen-bond acceptors (Lipinski definition) is 2. The minimum absolute atomic E-state index is 0.742. The van der Waals surface area contributed by atoms with Crippen molar-refractivity contribution in [3.8, 4) is 0 Å². The molecule has 2 aromatic rings. The molecule has 0 saturated heterocycles. The van der Waals surface area contributed by atoms with E-state index >= 15 is 0 Å². The van der Waals surface area contributed by atoms with Gasteiger partial charge in [-0.15, -0.1) is 0 Å². The quantitative estimate of drug-likeness (QED) is 0.586. The van der Waals surface area contributed by atoms with Crippen LogP contribution in [0.4, 0.5) is 0 Å². The third kappa shape index (κ3) is 1.76. The van der Waals surface area contributed by atoms with E-state index in [9.17, 15) is 0 Å². The minimum atomic E-state index is 0.742. The molecule has 2 N–H and O–H groups in total. The zero-order valence-electron chi connectivity index (χ0n) is 11.7. The Morgan fingerprint density at radius 1 is 1.10 bits per heavy atom. The molecule has 3 heteroatoms. The Kier molecular flexibility index (Phi) is 2.79. The molecular formula is C17H20N2O. The molecule has 0 spiro atoms.